The molecule has 0 saturated carbocycles. The van der Waals surface area contributed by atoms with Crippen molar-refractivity contribution in [1.82, 2.24) is 0 Å². The molecule has 0 bridgehead atoms. The van der Waals surface area contributed by atoms with Gasteiger partial charge in [-0.25, -0.2) is 0 Å². The van der Waals surface area contributed by atoms with Crippen LogP contribution in [0.2, 0.25) is 0 Å². The normalized spacial score (nSPS) is 8.89. The first-order valence-corrected chi connectivity index (χ1v) is 2.57. The Morgan fingerprint density at radius 3 is 2.22 bits per heavy atom. The highest BCUT2D eigenvalue weighted by Crippen LogP contribution is 2.07. The zero-order chi connectivity index (χ0) is 6.69. The van der Waals surface area contributed by atoms with Gasteiger partial charge in [0.15, 0.2) is 0 Å². The van der Waals surface area contributed by atoms with Crippen LogP contribution in [0.15, 0.2) is 24.3 Å². The molecular weight excluding hydrogens is 117 g/mol. The molecular formula is C7H6O2. The third-order valence-corrected chi connectivity index (χ3v) is 1.03. The molecule has 0 aliphatic carbocycles. The van der Waals surface area contributed by atoms with E-state index in [-0.39, 0.29) is 5.75 Å². The SMILES string of the molecule is O=[13CH]c1ccc(O)cc1. The first kappa shape index (κ1) is 5.82. The van der Waals surface area contributed by atoms with Crippen LogP contribution in [-0.2, 0) is 0 Å². The Balaban J connectivity index is 3.01. The Morgan fingerprint density at radius 1 is 1.22 bits per heavy atom. The number of aromatic hydroxyl groups is 1. The van der Waals surface area contributed by atoms with E-state index in [0.717, 1.165) is 6.29 Å². The Morgan fingerprint density at radius 2 is 1.78 bits per heavy atom. The van der Waals surface area contributed by atoms with Crippen molar-refractivity contribution >= 4 is 6.29 Å². The highest BCUT2D eigenvalue weighted by molar-refractivity contribution is 5.74. The van der Waals surface area contributed by atoms with Crippen molar-refractivity contribution < 1.29 is 9.90 Å². The number of aldehydes is 1. The lowest BCUT2D eigenvalue weighted by molar-refractivity contribution is 0.112. The molecule has 0 aliphatic rings. The third-order valence-electron chi connectivity index (χ3n) is 1.03. The average molecular weight is 123 g/mol. The molecule has 46 valence electrons. The van der Waals surface area contributed by atoms with Gasteiger partial charge in [-0.1, -0.05) is 0 Å². The summed E-state index contributed by atoms with van der Waals surface area (Å²) >= 11 is 0. The second kappa shape index (κ2) is 2.31. The van der Waals surface area contributed by atoms with Gasteiger partial charge in [-0.2, -0.15) is 0 Å². The fraction of sp³-hybridized carbons (Fsp3) is 0. The minimum Gasteiger partial charge on any atom is -0.508 e. The van der Waals surface area contributed by atoms with Gasteiger partial charge in [0, 0.05) is 5.56 Å². The van der Waals surface area contributed by atoms with Crippen LogP contribution in [0.25, 0.3) is 0 Å². The maximum absolute atomic E-state index is 10.0. The predicted molar refractivity (Wildman–Crippen MR) is 33.5 cm³/mol. The van der Waals surface area contributed by atoms with E-state index in [1.807, 2.05) is 0 Å². The predicted octanol–water partition coefficient (Wildman–Crippen LogP) is 1.20. The summed E-state index contributed by atoms with van der Waals surface area (Å²) in [7, 11) is 0. The molecule has 9 heavy (non-hydrogen) atoms. The maximum Gasteiger partial charge on any atom is 0.150 e. The second-order valence-electron chi connectivity index (χ2n) is 1.71. The van der Waals surface area contributed by atoms with Crippen molar-refractivity contribution in [2.24, 2.45) is 0 Å². The Kier molecular flexibility index (Phi) is 1.49. The van der Waals surface area contributed by atoms with Gasteiger partial charge in [0.25, 0.3) is 0 Å². The number of hydrogen-bond donors (Lipinski definition) is 1. The highest BCUT2D eigenvalue weighted by atomic mass is 16.3. The zero-order valence-corrected chi connectivity index (χ0v) is 4.74. The van der Waals surface area contributed by atoms with Crippen molar-refractivity contribution in [3.63, 3.8) is 0 Å². The molecule has 0 amide bonds. The van der Waals surface area contributed by atoms with Crippen LogP contribution in [0.4, 0.5) is 0 Å². The van der Waals surface area contributed by atoms with E-state index in [9.17, 15) is 4.79 Å². The van der Waals surface area contributed by atoms with Gasteiger partial charge in [-0.3, -0.25) is 4.79 Å². The fourth-order valence-electron chi connectivity index (χ4n) is 0.553. The first-order valence-electron chi connectivity index (χ1n) is 2.57. The lowest BCUT2D eigenvalue weighted by Crippen LogP contribution is -1.74. The summed E-state index contributed by atoms with van der Waals surface area (Å²) in [6.45, 7) is 0. The summed E-state index contributed by atoms with van der Waals surface area (Å²) in [5.74, 6) is 0.181. The molecule has 0 radical (unpaired) electrons. The Bertz CT molecular complexity index is 201. The average Bonchev–Trinajstić information content (AvgIpc) is 1.90. The molecule has 2 nitrogen and oxygen atoms in total. The molecule has 0 saturated heterocycles. The molecule has 1 aromatic carbocycles. The summed E-state index contributed by atoms with van der Waals surface area (Å²) in [6.07, 6.45) is 0.736. The van der Waals surface area contributed by atoms with Crippen molar-refractivity contribution in [2.75, 3.05) is 0 Å². The molecule has 1 N–H and O–H groups in total. The summed E-state index contributed by atoms with van der Waals surface area (Å²) in [5, 5.41) is 8.74. The minimum atomic E-state index is 0.181. The van der Waals surface area contributed by atoms with E-state index in [0.29, 0.717) is 5.56 Å². The van der Waals surface area contributed by atoms with Crippen molar-refractivity contribution in [2.45, 2.75) is 0 Å². The summed E-state index contributed by atoms with van der Waals surface area (Å²) < 4.78 is 0. The van der Waals surface area contributed by atoms with Crippen LogP contribution < -0.4 is 0 Å². The maximum atomic E-state index is 10.0. The standard InChI is InChI=1S/C7H6O2/c8-5-6-1-3-7(9)4-2-6/h1-5,9H/i5+1. The van der Waals surface area contributed by atoms with Gasteiger partial charge in [0.1, 0.15) is 12.0 Å². The molecule has 0 spiro atoms. The molecule has 0 heterocycles. The number of rotatable bonds is 1. The molecule has 0 aromatic heterocycles. The van der Waals surface area contributed by atoms with Crippen molar-refractivity contribution in [1.29, 1.82) is 0 Å². The monoisotopic (exact) mass is 123 g/mol. The van der Waals surface area contributed by atoms with Crippen LogP contribution >= 0.6 is 0 Å². The van der Waals surface area contributed by atoms with E-state index >= 15 is 0 Å². The van der Waals surface area contributed by atoms with Crippen LogP contribution in [0.5, 0.6) is 5.75 Å². The van der Waals surface area contributed by atoms with Crippen LogP contribution in [-0.4, -0.2) is 11.4 Å². The lowest BCUT2D eigenvalue weighted by atomic mass is 10.3. The van der Waals surface area contributed by atoms with Gasteiger partial charge in [-0.15, -0.1) is 0 Å². The van der Waals surface area contributed by atoms with E-state index in [1.54, 1.807) is 12.1 Å². The largest absolute Gasteiger partial charge is 0.508 e. The van der Waals surface area contributed by atoms with Gasteiger partial charge in [-0.05, 0) is 24.3 Å². The number of hydrogen-bond acceptors (Lipinski definition) is 2. The highest BCUT2D eigenvalue weighted by Gasteiger charge is 1.86. The molecule has 0 aliphatic heterocycles. The molecule has 0 fully saturated rings. The molecule has 1 aromatic rings. The van der Waals surface area contributed by atoms with E-state index in [1.165, 1.54) is 12.1 Å². The van der Waals surface area contributed by atoms with Crippen LogP contribution in [0.3, 0.4) is 0 Å². The molecule has 0 atom stereocenters. The van der Waals surface area contributed by atoms with E-state index in [4.69, 9.17) is 5.11 Å². The van der Waals surface area contributed by atoms with Gasteiger partial charge in [0.05, 0.1) is 0 Å². The quantitative estimate of drug-likeness (QED) is 0.450. The third kappa shape index (κ3) is 1.29. The van der Waals surface area contributed by atoms with Crippen LogP contribution in [0.1, 0.15) is 10.4 Å². The first-order chi connectivity index (χ1) is 4.33. The second-order valence-corrected chi connectivity index (χ2v) is 1.71. The number of carbonyl (C=O) groups is 1. The molecule has 2 heteroatoms. The summed E-state index contributed by atoms with van der Waals surface area (Å²) in [4.78, 5) is 10.0. The Labute approximate surface area is 52.8 Å². The van der Waals surface area contributed by atoms with E-state index in [2.05, 4.69) is 0 Å². The van der Waals surface area contributed by atoms with Gasteiger partial charge >= 0.3 is 0 Å². The minimum absolute atomic E-state index is 0.181. The Hall–Kier alpha value is -1.31. The topological polar surface area (TPSA) is 37.3 Å². The van der Waals surface area contributed by atoms with Gasteiger partial charge < -0.3 is 5.11 Å². The lowest BCUT2D eigenvalue weighted by Gasteiger charge is -1.88. The number of phenols is 1. The van der Waals surface area contributed by atoms with Crippen molar-refractivity contribution in [3.05, 3.63) is 29.8 Å². The van der Waals surface area contributed by atoms with Crippen LogP contribution in [0, 0.1) is 0 Å². The van der Waals surface area contributed by atoms with Crippen molar-refractivity contribution in [3.8, 4) is 5.75 Å². The number of benzene rings is 1. The van der Waals surface area contributed by atoms with Gasteiger partial charge in [0.2, 0.25) is 0 Å². The molecule has 0 unspecified atom stereocenters. The fourth-order valence-corrected chi connectivity index (χ4v) is 0.553. The number of carbonyl (C=O) groups excluding carboxylic acids is 1. The number of phenolic OH excluding ortho intramolecular Hbond substituents is 1. The summed E-state index contributed by atoms with van der Waals surface area (Å²) in [5.41, 5.74) is 0.577. The smallest absolute Gasteiger partial charge is 0.150 e. The van der Waals surface area contributed by atoms with E-state index < -0.39 is 0 Å². The molecule has 1 rings (SSSR count). The summed E-state index contributed by atoms with van der Waals surface area (Å²) in [6, 6.07) is 6.07. The zero-order valence-electron chi connectivity index (χ0n) is 4.74.